The lowest BCUT2D eigenvalue weighted by Crippen LogP contribution is -2.91. The van der Waals surface area contributed by atoms with Crippen molar-refractivity contribution in [1.82, 2.24) is 0 Å². The molecule has 1 amide bonds. The largest absolute Gasteiger partial charge is 0.330 e. The van der Waals surface area contributed by atoms with E-state index in [0.29, 0.717) is 15.7 Å². The number of amides is 1. The lowest BCUT2D eigenvalue weighted by Gasteiger charge is -2.17. The van der Waals surface area contributed by atoms with Gasteiger partial charge in [0.15, 0.2) is 6.04 Å². The van der Waals surface area contributed by atoms with Crippen molar-refractivity contribution in [3.8, 4) is 0 Å². The van der Waals surface area contributed by atoms with Crippen LogP contribution in [0.15, 0.2) is 48.5 Å². The Hall–Kier alpha value is -1.55. The molecule has 0 spiro atoms. The topological polar surface area (TPSA) is 45.7 Å². The maximum atomic E-state index is 12.2. The average molecular weight is 338 g/mol. The van der Waals surface area contributed by atoms with E-state index in [2.05, 4.69) is 12.2 Å². The maximum Gasteiger partial charge on any atom is 0.282 e. The molecule has 0 bridgehead atoms. The van der Waals surface area contributed by atoms with Gasteiger partial charge in [0.25, 0.3) is 5.91 Å². The molecule has 2 aromatic carbocycles. The van der Waals surface area contributed by atoms with Crippen molar-refractivity contribution < 1.29 is 10.1 Å². The minimum atomic E-state index is -0.218. The first-order valence-corrected chi connectivity index (χ1v) is 7.88. The Kier molecular flexibility index (Phi) is 5.83. The van der Waals surface area contributed by atoms with Gasteiger partial charge in [0.1, 0.15) is 6.04 Å². The number of carbonyl (C=O) groups is 1. The number of benzene rings is 2. The first-order chi connectivity index (χ1) is 10.5. The average Bonchev–Trinajstić information content (AvgIpc) is 2.47. The normalized spacial score (nSPS) is 13.5. The SMILES string of the molecule is C[C@H]([NH2+][C@H](C)C(=O)Nc1cccc(Cl)c1)c1ccc(Cl)cc1. The summed E-state index contributed by atoms with van der Waals surface area (Å²) >= 11 is 11.8. The molecule has 2 rings (SSSR count). The molecule has 0 aliphatic heterocycles. The van der Waals surface area contributed by atoms with Crippen molar-refractivity contribution in [1.29, 1.82) is 0 Å². The molecule has 22 heavy (non-hydrogen) atoms. The predicted octanol–water partition coefficient (Wildman–Crippen LogP) is 3.65. The lowest BCUT2D eigenvalue weighted by atomic mass is 10.1. The van der Waals surface area contributed by atoms with E-state index < -0.39 is 0 Å². The summed E-state index contributed by atoms with van der Waals surface area (Å²) in [5.41, 5.74) is 1.84. The second-order valence-electron chi connectivity index (χ2n) is 5.32. The number of quaternary nitrogens is 1. The number of nitrogens with two attached hydrogens (primary N) is 1. The summed E-state index contributed by atoms with van der Waals surface area (Å²) in [5.74, 6) is -0.0527. The van der Waals surface area contributed by atoms with Gasteiger partial charge in [0.05, 0.1) is 0 Å². The molecule has 0 fully saturated rings. The zero-order chi connectivity index (χ0) is 16.1. The quantitative estimate of drug-likeness (QED) is 0.859. The van der Waals surface area contributed by atoms with Crippen LogP contribution in [0.5, 0.6) is 0 Å². The predicted molar refractivity (Wildman–Crippen MR) is 91.3 cm³/mol. The van der Waals surface area contributed by atoms with Gasteiger partial charge in [-0.15, -0.1) is 0 Å². The first-order valence-electron chi connectivity index (χ1n) is 7.12. The van der Waals surface area contributed by atoms with Crippen LogP contribution < -0.4 is 10.6 Å². The molecular weight excluding hydrogens is 319 g/mol. The summed E-state index contributed by atoms with van der Waals surface area (Å²) in [5, 5.41) is 6.20. The molecular formula is C17H19Cl2N2O+. The van der Waals surface area contributed by atoms with Gasteiger partial charge in [-0.25, -0.2) is 0 Å². The fourth-order valence-electron chi connectivity index (χ4n) is 2.22. The van der Waals surface area contributed by atoms with Gasteiger partial charge in [-0.05, 0) is 44.2 Å². The van der Waals surface area contributed by atoms with E-state index in [1.807, 2.05) is 48.6 Å². The third-order valence-corrected chi connectivity index (χ3v) is 3.97. The lowest BCUT2D eigenvalue weighted by molar-refractivity contribution is -0.709. The van der Waals surface area contributed by atoms with Gasteiger partial charge in [0.2, 0.25) is 0 Å². The van der Waals surface area contributed by atoms with E-state index in [0.717, 1.165) is 5.56 Å². The Morgan fingerprint density at radius 1 is 1.05 bits per heavy atom. The molecule has 116 valence electrons. The summed E-state index contributed by atoms with van der Waals surface area (Å²) in [6, 6.07) is 14.7. The second-order valence-corrected chi connectivity index (χ2v) is 6.19. The van der Waals surface area contributed by atoms with Gasteiger partial charge in [-0.1, -0.05) is 41.4 Å². The molecule has 0 aliphatic carbocycles. The molecule has 0 radical (unpaired) electrons. The fourth-order valence-corrected chi connectivity index (χ4v) is 2.54. The van der Waals surface area contributed by atoms with Crippen LogP contribution in [0, 0.1) is 0 Å². The Balaban J connectivity index is 1.94. The molecule has 2 aromatic rings. The van der Waals surface area contributed by atoms with Crippen LogP contribution in [0.4, 0.5) is 5.69 Å². The van der Waals surface area contributed by atoms with Gasteiger partial charge in [-0.3, -0.25) is 4.79 Å². The number of carbonyl (C=O) groups excluding carboxylic acids is 1. The molecule has 0 saturated heterocycles. The molecule has 3 N–H and O–H groups in total. The monoisotopic (exact) mass is 337 g/mol. The van der Waals surface area contributed by atoms with Gasteiger partial charge < -0.3 is 10.6 Å². The summed E-state index contributed by atoms with van der Waals surface area (Å²) < 4.78 is 0. The number of hydrogen-bond donors (Lipinski definition) is 2. The highest BCUT2D eigenvalue weighted by atomic mass is 35.5. The van der Waals surface area contributed by atoms with E-state index in [4.69, 9.17) is 23.2 Å². The number of rotatable bonds is 5. The molecule has 0 saturated carbocycles. The number of nitrogens with one attached hydrogen (secondary N) is 1. The van der Waals surface area contributed by atoms with E-state index in [1.165, 1.54) is 0 Å². The fraction of sp³-hybridized carbons (Fsp3) is 0.235. The Morgan fingerprint density at radius 3 is 2.36 bits per heavy atom. The molecule has 0 heterocycles. The number of anilines is 1. The van der Waals surface area contributed by atoms with E-state index >= 15 is 0 Å². The van der Waals surface area contributed by atoms with Crippen molar-refractivity contribution in [3.63, 3.8) is 0 Å². The first kappa shape index (κ1) is 16.8. The zero-order valence-corrected chi connectivity index (χ0v) is 14.0. The summed E-state index contributed by atoms with van der Waals surface area (Å²) in [7, 11) is 0. The van der Waals surface area contributed by atoms with Crippen LogP contribution in [0.3, 0.4) is 0 Å². The van der Waals surface area contributed by atoms with Crippen molar-refractivity contribution >= 4 is 34.8 Å². The van der Waals surface area contributed by atoms with Crippen LogP contribution in [-0.4, -0.2) is 11.9 Å². The van der Waals surface area contributed by atoms with Crippen LogP contribution in [-0.2, 0) is 4.79 Å². The summed E-state index contributed by atoms with van der Waals surface area (Å²) in [4.78, 5) is 12.2. The van der Waals surface area contributed by atoms with Crippen LogP contribution in [0.2, 0.25) is 10.0 Å². The molecule has 0 aliphatic rings. The molecule has 3 nitrogen and oxygen atoms in total. The van der Waals surface area contributed by atoms with E-state index in [1.54, 1.807) is 12.1 Å². The van der Waals surface area contributed by atoms with Gasteiger partial charge >= 0.3 is 0 Å². The van der Waals surface area contributed by atoms with Crippen molar-refractivity contribution in [2.45, 2.75) is 25.9 Å². The minimum absolute atomic E-state index is 0.0527. The minimum Gasteiger partial charge on any atom is -0.330 e. The van der Waals surface area contributed by atoms with E-state index in [-0.39, 0.29) is 18.0 Å². The molecule has 0 unspecified atom stereocenters. The third-order valence-electron chi connectivity index (χ3n) is 3.48. The highest BCUT2D eigenvalue weighted by Gasteiger charge is 2.20. The highest BCUT2D eigenvalue weighted by molar-refractivity contribution is 6.31. The van der Waals surface area contributed by atoms with E-state index in [9.17, 15) is 4.79 Å². The van der Waals surface area contributed by atoms with Crippen molar-refractivity contribution in [2.75, 3.05) is 5.32 Å². The summed E-state index contributed by atoms with van der Waals surface area (Å²) in [6.07, 6.45) is 0. The number of hydrogen-bond acceptors (Lipinski definition) is 1. The van der Waals surface area contributed by atoms with Crippen molar-refractivity contribution in [2.24, 2.45) is 0 Å². The third kappa shape index (κ3) is 4.73. The second kappa shape index (κ2) is 7.63. The van der Waals surface area contributed by atoms with Crippen LogP contribution in [0.25, 0.3) is 0 Å². The van der Waals surface area contributed by atoms with Crippen molar-refractivity contribution in [3.05, 3.63) is 64.1 Å². The smallest absolute Gasteiger partial charge is 0.282 e. The van der Waals surface area contributed by atoms with Gasteiger partial charge in [-0.2, -0.15) is 0 Å². The molecule has 2 atom stereocenters. The number of halogens is 2. The summed E-state index contributed by atoms with van der Waals surface area (Å²) in [6.45, 7) is 3.94. The highest BCUT2D eigenvalue weighted by Crippen LogP contribution is 2.15. The molecule has 5 heteroatoms. The van der Waals surface area contributed by atoms with Crippen LogP contribution >= 0.6 is 23.2 Å². The Morgan fingerprint density at radius 2 is 1.73 bits per heavy atom. The maximum absolute atomic E-state index is 12.2. The molecule has 0 aromatic heterocycles. The Bertz CT molecular complexity index is 643. The zero-order valence-electron chi connectivity index (χ0n) is 12.5. The van der Waals surface area contributed by atoms with Gasteiger partial charge in [0, 0.05) is 21.3 Å². The standard InChI is InChI=1S/C17H18Cl2N2O/c1-11(13-6-8-14(18)9-7-13)20-12(2)17(22)21-16-5-3-4-15(19)10-16/h3-12,20H,1-2H3,(H,21,22)/p+1/t11-,12+/m0/s1. The Labute approximate surface area is 140 Å². The van der Waals surface area contributed by atoms with Crippen LogP contribution in [0.1, 0.15) is 25.5 Å².